The molecule has 0 N–H and O–H groups in total. The second kappa shape index (κ2) is 10.7. The number of halogens is 1. The van der Waals surface area contributed by atoms with Gasteiger partial charge in [0.1, 0.15) is 0 Å². The SMILES string of the molecule is Brc1ccc(-c2ccc(-c3ccc(-c4c5ccccc5c(-c5cccc6ccccc56)c5ccccc45)cc3)cc2)cc1. The fraction of sp³-hybridized carbons (Fsp3) is 0. The van der Waals surface area contributed by atoms with Crippen molar-refractivity contribution in [3.8, 4) is 44.5 Å². The molecule has 0 nitrogen and oxygen atoms in total. The first kappa shape index (κ1) is 25.7. The van der Waals surface area contributed by atoms with E-state index in [1.165, 1.54) is 76.8 Å². The van der Waals surface area contributed by atoms with Gasteiger partial charge in [-0.3, -0.25) is 0 Å². The molecule has 0 aliphatic heterocycles. The molecule has 0 unspecified atom stereocenters. The first-order chi connectivity index (χ1) is 21.2. The van der Waals surface area contributed by atoms with E-state index in [4.69, 9.17) is 0 Å². The molecule has 0 heterocycles. The van der Waals surface area contributed by atoms with E-state index < -0.39 is 0 Å². The van der Waals surface area contributed by atoms with Crippen molar-refractivity contribution in [2.45, 2.75) is 0 Å². The van der Waals surface area contributed by atoms with E-state index >= 15 is 0 Å². The Morgan fingerprint density at radius 3 is 1.16 bits per heavy atom. The molecule has 0 atom stereocenters. The van der Waals surface area contributed by atoms with Crippen LogP contribution in [0.2, 0.25) is 0 Å². The van der Waals surface area contributed by atoms with Crippen LogP contribution in [0.4, 0.5) is 0 Å². The molecule has 0 amide bonds. The molecule has 0 spiro atoms. The van der Waals surface area contributed by atoms with Gasteiger partial charge in [-0.1, -0.05) is 168 Å². The summed E-state index contributed by atoms with van der Waals surface area (Å²) in [6.45, 7) is 0. The zero-order valence-electron chi connectivity index (χ0n) is 23.5. The van der Waals surface area contributed by atoms with Crippen molar-refractivity contribution in [3.05, 3.63) is 168 Å². The third-order valence-electron chi connectivity index (χ3n) is 8.56. The zero-order chi connectivity index (χ0) is 28.8. The Hall–Kier alpha value is -4.98. The lowest BCUT2D eigenvalue weighted by Crippen LogP contribution is -1.91. The first-order valence-corrected chi connectivity index (χ1v) is 15.4. The minimum atomic E-state index is 1.09. The average Bonchev–Trinajstić information content (AvgIpc) is 3.07. The minimum Gasteiger partial charge on any atom is -0.0616 e. The standard InChI is InChI=1S/C42H27Br/c43-34-26-24-31(25-27-34)29-18-16-28(17-19-29)30-20-22-33(23-21-30)41-37-11-3-5-13-39(37)42(40-14-6-4-12-38(40)41)36-15-7-9-32-8-1-2-10-35(32)36/h1-27H. The lowest BCUT2D eigenvalue weighted by molar-refractivity contribution is 1.57. The van der Waals surface area contributed by atoms with Gasteiger partial charge < -0.3 is 0 Å². The molecule has 0 bridgehead atoms. The number of fused-ring (bicyclic) bond motifs is 3. The fourth-order valence-electron chi connectivity index (χ4n) is 6.50. The maximum absolute atomic E-state index is 3.53. The molecule has 8 aromatic rings. The minimum absolute atomic E-state index is 1.09. The van der Waals surface area contributed by atoms with Crippen LogP contribution >= 0.6 is 15.9 Å². The van der Waals surface area contributed by atoms with Crippen LogP contribution < -0.4 is 0 Å². The van der Waals surface area contributed by atoms with Gasteiger partial charge in [0.25, 0.3) is 0 Å². The predicted octanol–water partition coefficient (Wildman–Crippen LogP) is 12.6. The molecule has 0 radical (unpaired) electrons. The topological polar surface area (TPSA) is 0 Å². The van der Waals surface area contributed by atoms with Crippen LogP contribution in [0.1, 0.15) is 0 Å². The van der Waals surface area contributed by atoms with Gasteiger partial charge in [0.2, 0.25) is 0 Å². The van der Waals surface area contributed by atoms with Gasteiger partial charge in [0.05, 0.1) is 0 Å². The number of hydrogen-bond donors (Lipinski definition) is 0. The monoisotopic (exact) mass is 610 g/mol. The third kappa shape index (κ3) is 4.54. The normalized spacial score (nSPS) is 11.4. The average molecular weight is 612 g/mol. The van der Waals surface area contributed by atoms with Crippen LogP contribution in [0.5, 0.6) is 0 Å². The van der Waals surface area contributed by atoms with Crippen LogP contribution in [0.15, 0.2) is 168 Å². The Morgan fingerprint density at radius 1 is 0.279 bits per heavy atom. The van der Waals surface area contributed by atoms with Crippen molar-refractivity contribution in [2.75, 3.05) is 0 Å². The van der Waals surface area contributed by atoms with E-state index in [0.29, 0.717) is 0 Å². The Labute approximate surface area is 260 Å². The summed E-state index contributed by atoms with van der Waals surface area (Å²) in [6.07, 6.45) is 0. The number of hydrogen-bond acceptors (Lipinski definition) is 0. The maximum Gasteiger partial charge on any atom is 0.0175 e. The van der Waals surface area contributed by atoms with Crippen molar-refractivity contribution in [2.24, 2.45) is 0 Å². The summed E-state index contributed by atoms with van der Waals surface area (Å²) in [6, 6.07) is 59.5. The van der Waals surface area contributed by atoms with Crippen molar-refractivity contribution < 1.29 is 0 Å². The smallest absolute Gasteiger partial charge is 0.0175 e. The van der Waals surface area contributed by atoms with Gasteiger partial charge >= 0.3 is 0 Å². The second-order valence-electron chi connectivity index (χ2n) is 11.0. The molecule has 0 aromatic heterocycles. The molecule has 8 rings (SSSR count). The largest absolute Gasteiger partial charge is 0.0616 e. The third-order valence-corrected chi connectivity index (χ3v) is 9.09. The first-order valence-electron chi connectivity index (χ1n) is 14.6. The highest BCUT2D eigenvalue weighted by Crippen LogP contribution is 2.45. The van der Waals surface area contributed by atoms with Crippen LogP contribution in [-0.4, -0.2) is 0 Å². The highest BCUT2D eigenvalue weighted by molar-refractivity contribution is 9.10. The Morgan fingerprint density at radius 2 is 0.651 bits per heavy atom. The molecule has 8 aromatic carbocycles. The zero-order valence-corrected chi connectivity index (χ0v) is 25.1. The Bertz CT molecular complexity index is 2200. The van der Waals surface area contributed by atoms with E-state index in [1.807, 2.05) is 0 Å². The van der Waals surface area contributed by atoms with Gasteiger partial charge in [-0.25, -0.2) is 0 Å². The predicted molar refractivity (Wildman–Crippen MR) is 188 cm³/mol. The van der Waals surface area contributed by atoms with Crippen molar-refractivity contribution in [3.63, 3.8) is 0 Å². The van der Waals surface area contributed by atoms with E-state index in [-0.39, 0.29) is 0 Å². The summed E-state index contributed by atoms with van der Waals surface area (Å²) < 4.78 is 1.09. The molecule has 202 valence electrons. The summed E-state index contributed by atoms with van der Waals surface area (Å²) in [4.78, 5) is 0. The van der Waals surface area contributed by atoms with Crippen LogP contribution in [-0.2, 0) is 0 Å². The lowest BCUT2D eigenvalue weighted by Gasteiger charge is -2.19. The van der Waals surface area contributed by atoms with Crippen molar-refractivity contribution >= 4 is 48.2 Å². The maximum atomic E-state index is 3.53. The van der Waals surface area contributed by atoms with Crippen molar-refractivity contribution in [1.82, 2.24) is 0 Å². The van der Waals surface area contributed by atoms with Gasteiger partial charge in [-0.2, -0.15) is 0 Å². The van der Waals surface area contributed by atoms with Gasteiger partial charge in [-0.05, 0) is 89.0 Å². The highest BCUT2D eigenvalue weighted by atomic mass is 79.9. The van der Waals surface area contributed by atoms with Gasteiger partial charge in [0.15, 0.2) is 0 Å². The lowest BCUT2D eigenvalue weighted by atomic mass is 9.84. The number of rotatable bonds is 4. The molecule has 0 saturated carbocycles. The summed E-state index contributed by atoms with van der Waals surface area (Å²) >= 11 is 3.53. The molecule has 43 heavy (non-hydrogen) atoms. The van der Waals surface area contributed by atoms with E-state index in [0.717, 1.165) is 4.47 Å². The molecular formula is C42H27Br. The van der Waals surface area contributed by atoms with E-state index in [1.54, 1.807) is 0 Å². The van der Waals surface area contributed by atoms with E-state index in [2.05, 4.69) is 180 Å². The Balaban J connectivity index is 1.26. The Kier molecular flexibility index (Phi) is 6.39. The van der Waals surface area contributed by atoms with Crippen LogP contribution in [0.25, 0.3) is 76.8 Å². The molecule has 0 saturated heterocycles. The number of benzene rings is 8. The van der Waals surface area contributed by atoms with Gasteiger partial charge in [0, 0.05) is 4.47 Å². The summed E-state index contributed by atoms with van der Waals surface area (Å²) in [7, 11) is 0. The molecule has 0 aliphatic rings. The van der Waals surface area contributed by atoms with Gasteiger partial charge in [-0.15, -0.1) is 0 Å². The molecule has 0 fully saturated rings. The highest BCUT2D eigenvalue weighted by Gasteiger charge is 2.17. The summed E-state index contributed by atoms with van der Waals surface area (Å²) in [5, 5.41) is 7.65. The fourth-order valence-corrected chi connectivity index (χ4v) is 6.76. The molecular weight excluding hydrogens is 584 g/mol. The molecule has 0 aliphatic carbocycles. The van der Waals surface area contributed by atoms with E-state index in [9.17, 15) is 0 Å². The van der Waals surface area contributed by atoms with Crippen LogP contribution in [0, 0.1) is 0 Å². The van der Waals surface area contributed by atoms with Crippen molar-refractivity contribution in [1.29, 1.82) is 0 Å². The summed E-state index contributed by atoms with van der Waals surface area (Å²) in [5.74, 6) is 0. The summed E-state index contributed by atoms with van der Waals surface area (Å²) in [5.41, 5.74) is 9.96. The second-order valence-corrected chi connectivity index (χ2v) is 11.9. The quantitative estimate of drug-likeness (QED) is 0.174. The van der Waals surface area contributed by atoms with Crippen LogP contribution in [0.3, 0.4) is 0 Å². The molecule has 1 heteroatoms.